The molecule has 1 amide bonds. The lowest BCUT2D eigenvalue weighted by atomic mass is 10.1. The summed E-state index contributed by atoms with van der Waals surface area (Å²) in [6.07, 6.45) is 0.659. The number of hydrazine groups is 1. The van der Waals surface area contributed by atoms with Crippen molar-refractivity contribution in [3.8, 4) is 11.8 Å². The highest BCUT2D eigenvalue weighted by Gasteiger charge is 2.26. The van der Waals surface area contributed by atoms with E-state index in [0.29, 0.717) is 17.8 Å². The van der Waals surface area contributed by atoms with Gasteiger partial charge in [-0.1, -0.05) is 29.7 Å². The number of carboxylic acids is 1. The fourth-order valence-corrected chi connectivity index (χ4v) is 6.86. The van der Waals surface area contributed by atoms with Crippen LogP contribution in [0.25, 0.3) is 0 Å². The average molecular weight is 543 g/mol. The van der Waals surface area contributed by atoms with Gasteiger partial charge in [0.05, 0.1) is 0 Å². The van der Waals surface area contributed by atoms with Crippen LogP contribution in [0.2, 0.25) is 0 Å². The van der Waals surface area contributed by atoms with Gasteiger partial charge in [-0.25, -0.2) is 9.80 Å². The summed E-state index contributed by atoms with van der Waals surface area (Å²) in [7, 11) is 0. The first kappa shape index (κ1) is 25.9. The van der Waals surface area contributed by atoms with E-state index in [1.807, 2.05) is 34.3 Å². The van der Waals surface area contributed by atoms with Crippen molar-refractivity contribution >= 4 is 57.4 Å². The topological polar surface area (TPSA) is 60.9 Å². The van der Waals surface area contributed by atoms with Crippen molar-refractivity contribution in [1.82, 2.24) is 10.0 Å². The highest BCUT2D eigenvalue weighted by atomic mass is 32.2. The third kappa shape index (κ3) is 7.63. The molecule has 182 valence electrons. The molecular weight excluding hydrogens is 517 g/mol. The van der Waals surface area contributed by atoms with Crippen molar-refractivity contribution in [3.05, 3.63) is 79.2 Å². The number of amides is 1. The van der Waals surface area contributed by atoms with Crippen molar-refractivity contribution < 1.29 is 14.7 Å². The molecule has 5 nitrogen and oxygen atoms in total. The molecule has 0 spiro atoms. The maximum Gasteiger partial charge on any atom is 0.345 e. The lowest BCUT2D eigenvalue weighted by Gasteiger charge is -2.37. The Morgan fingerprint density at radius 1 is 1.14 bits per heavy atom. The number of thiophene rings is 2. The molecule has 1 saturated heterocycles. The van der Waals surface area contributed by atoms with E-state index in [1.165, 1.54) is 34.2 Å². The van der Waals surface area contributed by atoms with E-state index in [9.17, 15) is 9.59 Å². The van der Waals surface area contributed by atoms with Gasteiger partial charge in [0, 0.05) is 64.7 Å². The standard InChI is InChI=1S/C26H26N2O3S4/c1-19-14-21(3-2-20-7-11-32-17-20)16-22(15-19)18-33-12-9-27-10-13-34-26(31)28(27)8-6-23-4-5-24(35-23)25(29)30/h4-5,7,11,14-17H,6,8-10,12-13,18H2,1H3,(H,29,30). The van der Waals surface area contributed by atoms with Gasteiger partial charge >= 0.3 is 5.97 Å². The summed E-state index contributed by atoms with van der Waals surface area (Å²) in [6.45, 7) is 4.32. The molecule has 35 heavy (non-hydrogen) atoms. The van der Waals surface area contributed by atoms with E-state index < -0.39 is 5.97 Å². The first-order valence-electron chi connectivity index (χ1n) is 11.2. The minimum absolute atomic E-state index is 0.0730. The minimum atomic E-state index is -0.903. The molecule has 0 saturated carbocycles. The second-order valence-corrected chi connectivity index (χ2v) is 12.1. The Labute approximate surface area is 222 Å². The van der Waals surface area contributed by atoms with E-state index in [0.717, 1.165) is 46.4 Å². The normalized spacial score (nSPS) is 14.1. The van der Waals surface area contributed by atoms with Gasteiger partial charge in [0.25, 0.3) is 5.24 Å². The van der Waals surface area contributed by atoms with Gasteiger partial charge in [-0.3, -0.25) is 9.80 Å². The van der Waals surface area contributed by atoms with Gasteiger partial charge in [-0.2, -0.15) is 23.1 Å². The minimum Gasteiger partial charge on any atom is -0.477 e. The molecule has 3 aromatic rings. The molecule has 0 bridgehead atoms. The first-order chi connectivity index (χ1) is 17.0. The summed E-state index contributed by atoms with van der Waals surface area (Å²) in [5.74, 6) is 8.21. The van der Waals surface area contributed by atoms with Gasteiger partial charge in [-0.05, 0) is 53.8 Å². The van der Waals surface area contributed by atoms with Crippen molar-refractivity contribution in [2.24, 2.45) is 0 Å². The Hall–Kier alpha value is -2.22. The molecular formula is C26H26N2O3S4. The third-order valence-electron chi connectivity index (χ3n) is 5.34. The molecule has 2 aromatic heterocycles. The van der Waals surface area contributed by atoms with Crippen LogP contribution in [-0.2, 0) is 12.2 Å². The summed E-state index contributed by atoms with van der Waals surface area (Å²) < 4.78 is 0. The lowest BCUT2D eigenvalue weighted by Crippen LogP contribution is -2.51. The molecule has 0 atom stereocenters. The van der Waals surface area contributed by atoms with Gasteiger partial charge in [0.15, 0.2) is 0 Å². The summed E-state index contributed by atoms with van der Waals surface area (Å²) in [6, 6.07) is 12.0. The highest BCUT2D eigenvalue weighted by molar-refractivity contribution is 8.13. The molecule has 4 rings (SSSR count). The summed E-state index contributed by atoms with van der Waals surface area (Å²) in [5, 5.41) is 17.3. The summed E-state index contributed by atoms with van der Waals surface area (Å²) in [5.41, 5.74) is 4.56. The summed E-state index contributed by atoms with van der Waals surface area (Å²) >= 11 is 6.15. The second kappa shape index (κ2) is 12.7. The number of rotatable bonds is 9. The highest BCUT2D eigenvalue weighted by Crippen LogP contribution is 2.23. The van der Waals surface area contributed by atoms with Crippen LogP contribution < -0.4 is 0 Å². The zero-order chi connectivity index (χ0) is 24.6. The maximum absolute atomic E-state index is 12.6. The number of carbonyl (C=O) groups is 2. The predicted octanol–water partition coefficient (Wildman–Crippen LogP) is 6.08. The number of carbonyl (C=O) groups excluding carboxylic acids is 1. The number of aromatic carboxylic acids is 1. The third-order valence-corrected chi connectivity index (χ3v) is 9.01. The largest absolute Gasteiger partial charge is 0.477 e. The van der Waals surface area contributed by atoms with Crippen molar-refractivity contribution in [2.75, 3.05) is 31.1 Å². The average Bonchev–Trinajstić information content (AvgIpc) is 3.52. The molecule has 0 radical (unpaired) electrons. The number of hydrogen-bond acceptors (Lipinski definition) is 7. The van der Waals surface area contributed by atoms with E-state index in [4.69, 9.17) is 5.11 Å². The van der Waals surface area contributed by atoms with E-state index in [-0.39, 0.29) is 5.24 Å². The number of nitrogens with zero attached hydrogens (tertiary/aromatic N) is 2. The zero-order valence-corrected chi connectivity index (χ0v) is 22.6. The smallest absolute Gasteiger partial charge is 0.345 e. The van der Waals surface area contributed by atoms with Crippen LogP contribution in [0.15, 0.2) is 47.2 Å². The quantitative estimate of drug-likeness (QED) is 0.261. The number of thioether (sulfide) groups is 2. The molecule has 1 N–H and O–H groups in total. The van der Waals surface area contributed by atoms with E-state index in [1.54, 1.807) is 17.4 Å². The van der Waals surface area contributed by atoms with Crippen LogP contribution in [0.1, 0.15) is 36.8 Å². The number of aryl methyl sites for hydroxylation is 1. The molecule has 3 heterocycles. The van der Waals surface area contributed by atoms with Gasteiger partial charge in [0.1, 0.15) is 4.88 Å². The molecule has 0 aliphatic carbocycles. The van der Waals surface area contributed by atoms with E-state index >= 15 is 0 Å². The van der Waals surface area contributed by atoms with Crippen LogP contribution in [0.3, 0.4) is 0 Å². The number of carboxylic acid groups (broad SMARTS) is 1. The first-order valence-corrected chi connectivity index (χ1v) is 15.1. The van der Waals surface area contributed by atoms with Crippen LogP contribution in [-0.4, -0.2) is 57.5 Å². The van der Waals surface area contributed by atoms with Crippen LogP contribution in [0.5, 0.6) is 0 Å². The van der Waals surface area contributed by atoms with Crippen molar-refractivity contribution in [3.63, 3.8) is 0 Å². The predicted molar refractivity (Wildman–Crippen MR) is 149 cm³/mol. The molecule has 1 aliphatic rings. The van der Waals surface area contributed by atoms with Crippen LogP contribution >= 0.6 is 46.2 Å². The maximum atomic E-state index is 12.6. The Morgan fingerprint density at radius 2 is 2.00 bits per heavy atom. The van der Waals surface area contributed by atoms with Gasteiger partial charge in [0.2, 0.25) is 0 Å². The number of benzene rings is 1. The molecule has 0 unspecified atom stereocenters. The zero-order valence-electron chi connectivity index (χ0n) is 19.4. The van der Waals surface area contributed by atoms with Crippen LogP contribution in [0.4, 0.5) is 4.79 Å². The van der Waals surface area contributed by atoms with E-state index in [2.05, 4.69) is 47.4 Å². The molecule has 1 aliphatic heterocycles. The molecule has 1 aromatic carbocycles. The van der Waals surface area contributed by atoms with Gasteiger partial charge in [-0.15, -0.1) is 11.3 Å². The SMILES string of the molecule is Cc1cc(C#Cc2ccsc2)cc(CSCCN2CCSC(=O)N2CCc2ccc(C(=O)O)s2)c1. The van der Waals surface area contributed by atoms with Crippen molar-refractivity contribution in [1.29, 1.82) is 0 Å². The molecule has 9 heteroatoms. The second-order valence-electron chi connectivity index (χ2n) is 8.03. The Balaban J connectivity index is 1.28. The van der Waals surface area contributed by atoms with Crippen molar-refractivity contribution in [2.45, 2.75) is 19.1 Å². The Kier molecular flexibility index (Phi) is 9.35. The summed E-state index contributed by atoms with van der Waals surface area (Å²) in [4.78, 5) is 25.0. The monoisotopic (exact) mass is 542 g/mol. The molecule has 1 fully saturated rings. The van der Waals surface area contributed by atoms with Gasteiger partial charge < -0.3 is 5.11 Å². The lowest BCUT2D eigenvalue weighted by molar-refractivity contribution is 0.0349. The fraction of sp³-hybridized carbons (Fsp3) is 0.308. The number of hydrogen-bond donors (Lipinski definition) is 1. The van der Waals surface area contributed by atoms with Crippen LogP contribution in [0, 0.1) is 18.8 Å². The Bertz CT molecular complexity index is 1230. The fourth-order valence-electron chi connectivity index (χ4n) is 3.72. The Morgan fingerprint density at radius 3 is 2.77 bits per heavy atom.